The monoisotopic (exact) mass is 299 g/mol. The summed E-state index contributed by atoms with van der Waals surface area (Å²) in [5.74, 6) is -0.562. The van der Waals surface area contributed by atoms with Crippen molar-refractivity contribution in [2.45, 2.75) is 0 Å². The molecule has 0 fully saturated rings. The van der Waals surface area contributed by atoms with Gasteiger partial charge in [0.25, 0.3) is 5.91 Å². The maximum Gasteiger partial charge on any atom is 0.258 e. The summed E-state index contributed by atoms with van der Waals surface area (Å²) < 4.78 is 20.1. The summed E-state index contributed by atoms with van der Waals surface area (Å²) in [4.78, 5) is 14.0. The van der Waals surface area contributed by atoms with Crippen molar-refractivity contribution in [1.82, 2.24) is 9.61 Å². The molecule has 0 spiro atoms. The molecule has 0 N–H and O–H groups in total. The van der Waals surface area contributed by atoms with E-state index in [4.69, 9.17) is 4.74 Å². The van der Waals surface area contributed by atoms with Gasteiger partial charge in [0.05, 0.1) is 12.6 Å². The topological polar surface area (TPSA) is 46.8 Å². The van der Waals surface area contributed by atoms with Gasteiger partial charge in [-0.3, -0.25) is 4.79 Å². The number of fused-ring (bicyclic) bond motifs is 1. The molecule has 0 aliphatic carbocycles. The van der Waals surface area contributed by atoms with Gasteiger partial charge in [0.15, 0.2) is 11.6 Å². The Morgan fingerprint density at radius 2 is 2.09 bits per heavy atom. The van der Waals surface area contributed by atoms with E-state index in [1.165, 1.54) is 30.2 Å². The van der Waals surface area contributed by atoms with Crippen molar-refractivity contribution in [1.29, 1.82) is 0 Å². The standard InChI is InChI=1S/C16H14FN3O2/c1-19(12-3-4-14(17)15(10-12)22-2)16(21)11-6-8-20-13(9-11)5-7-18-20/h3-10H,1-2H3. The number of ether oxygens (including phenoxy) is 1. The molecule has 0 radical (unpaired) electrons. The van der Waals surface area contributed by atoms with Gasteiger partial charge in [-0.25, -0.2) is 8.91 Å². The van der Waals surface area contributed by atoms with Gasteiger partial charge >= 0.3 is 0 Å². The highest BCUT2D eigenvalue weighted by Gasteiger charge is 2.16. The van der Waals surface area contributed by atoms with Gasteiger partial charge in [-0.1, -0.05) is 0 Å². The highest BCUT2D eigenvalue weighted by Crippen LogP contribution is 2.24. The third kappa shape index (κ3) is 2.39. The zero-order valence-corrected chi connectivity index (χ0v) is 12.2. The number of hydrogen-bond acceptors (Lipinski definition) is 3. The van der Waals surface area contributed by atoms with Gasteiger partial charge in [-0.05, 0) is 30.3 Å². The number of carbonyl (C=O) groups is 1. The van der Waals surface area contributed by atoms with Gasteiger partial charge in [0.2, 0.25) is 0 Å². The molecule has 2 heterocycles. The van der Waals surface area contributed by atoms with E-state index in [9.17, 15) is 9.18 Å². The van der Waals surface area contributed by atoms with Crippen LogP contribution < -0.4 is 9.64 Å². The van der Waals surface area contributed by atoms with E-state index in [2.05, 4.69) is 5.10 Å². The van der Waals surface area contributed by atoms with Crippen molar-refractivity contribution in [2.24, 2.45) is 0 Å². The Bertz CT molecular complexity index is 844. The molecule has 0 atom stereocenters. The average molecular weight is 299 g/mol. The van der Waals surface area contributed by atoms with Gasteiger partial charge in [-0.15, -0.1) is 0 Å². The van der Waals surface area contributed by atoms with Crippen LogP contribution in [0, 0.1) is 5.82 Å². The maximum absolute atomic E-state index is 13.5. The number of rotatable bonds is 3. The van der Waals surface area contributed by atoms with Crippen LogP contribution in [0.5, 0.6) is 5.75 Å². The van der Waals surface area contributed by atoms with Gasteiger partial charge in [0.1, 0.15) is 0 Å². The van der Waals surface area contributed by atoms with Crippen LogP contribution in [0.25, 0.3) is 5.52 Å². The summed E-state index contributed by atoms with van der Waals surface area (Å²) >= 11 is 0. The molecular formula is C16H14FN3O2. The van der Waals surface area contributed by atoms with Crippen molar-refractivity contribution in [3.05, 3.63) is 60.2 Å². The molecule has 0 unspecified atom stereocenters. The van der Waals surface area contributed by atoms with E-state index in [0.717, 1.165) is 5.52 Å². The summed E-state index contributed by atoms with van der Waals surface area (Å²) in [5.41, 5.74) is 1.91. The van der Waals surface area contributed by atoms with Crippen molar-refractivity contribution in [3.63, 3.8) is 0 Å². The molecule has 1 aromatic carbocycles. The molecule has 0 aliphatic heterocycles. The second-order valence-electron chi connectivity index (χ2n) is 4.80. The van der Waals surface area contributed by atoms with Crippen LogP contribution in [-0.4, -0.2) is 29.7 Å². The Labute approximate surface area is 126 Å². The first-order chi connectivity index (χ1) is 10.6. The van der Waals surface area contributed by atoms with E-state index in [-0.39, 0.29) is 11.7 Å². The molecular weight excluding hydrogens is 285 g/mol. The average Bonchev–Trinajstić information content (AvgIpc) is 3.01. The molecule has 0 bridgehead atoms. The summed E-state index contributed by atoms with van der Waals surface area (Å²) in [6.45, 7) is 0. The van der Waals surface area contributed by atoms with Gasteiger partial charge in [0, 0.05) is 36.8 Å². The minimum absolute atomic E-state index is 0.100. The molecule has 6 heteroatoms. The van der Waals surface area contributed by atoms with E-state index in [1.54, 1.807) is 36.1 Å². The Hall–Kier alpha value is -2.89. The summed E-state index contributed by atoms with van der Waals surface area (Å²) in [6.07, 6.45) is 3.39. The number of anilines is 1. The Morgan fingerprint density at radius 1 is 1.27 bits per heavy atom. The lowest BCUT2D eigenvalue weighted by atomic mass is 10.2. The van der Waals surface area contributed by atoms with E-state index in [0.29, 0.717) is 11.3 Å². The fourth-order valence-electron chi connectivity index (χ4n) is 2.22. The first-order valence-electron chi connectivity index (χ1n) is 6.65. The predicted octanol–water partition coefficient (Wildman–Crippen LogP) is 2.76. The van der Waals surface area contributed by atoms with E-state index in [1.807, 2.05) is 6.07 Å². The Morgan fingerprint density at radius 3 is 2.86 bits per heavy atom. The first-order valence-corrected chi connectivity index (χ1v) is 6.65. The van der Waals surface area contributed by atoms with Crippen molar-refractivity contribution >= 4 is 17.1 Å². The van der Waals surface area contributed by atoms with Crippen LogP contribution in [0.4, 0.5) is 10.1 Å². The Kier molecular flexibility index (Phi) is 3.50. The van der Waals surface area contributed by atoms with Gasteiger partial charge in [-0.2, -0.15) is 5.10 Å². The second kappa shape index (κ2) is 5.48. The zero-order chi connectivity index (χ0) is 15.7. The summed E-state index contributed by atoms with van der Waals surface area (Å²) in [5, 5.41) is 4.09. The normalized spacial score (nSPS) is 10.7. The Balaban J connectivity index is 1.93. The number of amides is 1. The van der Waals surface area contributed by atoms with E-state index >= 15 is 0 Å². The van der Waals surface area contributed by atoms with Gasteiger partial charge < -0.3 is 9.64 Å². The number of pyridine rings is 1. The van der Waals surface area contributed by atoms with Crippen LogP contribution >= 0.6 is 0 Å². The minimum atomic E-state index is -0.465. The largest absolute Gasteiger partial charge is 0.494 e. The second-order valence-corrected chi connectivity index (χ2v) is 4.80. The third-order valence-electron chi connectivity index (χ3n) is 3.47. The molecule has 0 saturated heterocycles. The number of aromatic nitrogens is 2. The molecule has 0 aliphatic rings. The van der Waals surface area contributed by atoms with Crippen LogP contribution in [0.15, 0.2) is 48.8 Å². The number of methoxy groups -OCH3 is 1. The zero-order valence-electron chi connectivity index (χ0n) is 12.2. The SMILES string of the molecule is COc1cc(N(C)C(=O)c2ccn3nccc3c2)ccc1F. The smallest absolute Gasteiger partial charge is 0.258 e. The molecule has 1 amide bonds. The summed E-state index contributed by atoms with van der Waals surface area (Å²) in [7, 11) is 3.02. The third-order valence-corrected chi connectivity index (χ3v) is 3.47. The number of hydrogen-bond donors (Lipinski definition) is 0. The quantitative estimate of drug-likeness (QED) is 0.747. The molecule has 3 aromatic rings. The molecule has 0 saturated carbocycles. The molecule has 112 valence electrons. The minimum Gasteiger partial charge on any atom is -0.494 e. The number of nitrogens with zero attached hydrogens (tertiary/aromatic N) is 3. The van der Waals surface area contributed by atoms with Crippen LogP contribution in [0.3, 0.4) is 0 Å². The van der Waals surface area contributed by atoms with Crippen LogP contribution in [0.2, 0.25) is 0 Å². The summed E-state index contributed by atoms with van der Waals surface area (Å²) in [6, 6.07) is 9.57. The number of benzene rings is 1. The van der Waals surface area contributed by atoms with Crippen molar-refractivity contribution < 1.29 is 13.9 Å². The molecule has 5 nitrogen and oxygen atoms in total. The lowest BCUT2D eigenvalue weighted by Crippen LogP contribution is -2.26. The fourth-order valence-corrected chi connectivity index (χ4v) is 2.22. The van der Waals surface area contributed by atoms with Crippen molar-refractivity contribution in [3.8, 4) is 5.75 Å². The number of carbonyl (C=O) groups excluding carboxylic acids is 1. The maximum atomic E-state index is 13.5. The van der Waals surface area contributed by atoms with Crippen LogP contribution in [-0.2, 0) is 0 Å². The molecule has 3 rings (SSSR count). The molecule has 22 heavy (non-hydrogen) atoms. The molecule has 2 aromatic heterocycles. The lowest BCUT2D eigenvalue weighted by molar-refractivity contribution is 0.0993. The predicted molar refractivity (Wildman–Crippen MR) is 80.9 cm³/mol. The van der Waals surface area contributed by atoms with Crippen LogP contribution in [0.1, 0.15) is 10.4 Å². The fraction of sp³-hybridized carbons (Fsp3) is 0.125. The van der Waals surface area contributed by atoms with E-state index < -0.39 is 5.82 Å². The lowest BCUT2D eigenvalue weighted by Gasteiger charge is -2.18. The highest BCUT2D eigenvalue weighted by atomic mass is 19.1. The van der Waals surface area contributed by atoms with Crippen molar-refractivity contribution in [2.75, 3.05) is 19.1 Å². The number of halogens is 1. The first kappa shape index (κ1) is 14.1. The highest BCUT2D eigenvalue weighted by molar-refractivity contribution is 6.06.